The predicted molar refractivity (Wildman–Crippen MR) is 80.7 cm³/mol. The maximum Gasteiger partial charge on any atom is 0.221 e. The van der Waals surface area contributed by atoms with E-state index in [1.54, 1.807) is 36.4 Å². The second-order valence-corrected chi connectivity index (χ2v) is 4.58. The lowest BCUT2D eigenvalue weighted by Crippen LogP contribution is -1.90. The molecule has 0 radical (unpaired) electrons. The van der Waals surface area contributed by atoms with Gasteiger partial charge < -0.3 is 4.42 Å². The standard InChI is InChI=1S/C18H11NO2/c19-12-14-7-5-13(6-8-14)9-10-16(20)18-11-15-3-1-2-4-17(15)21-18/h1-11H. The molecule has 3 heteroatoms. The molecule has 100 valence electrons. The van der Waals surface area contributed by atoms with Crippen LogP contribution in [0.4, 0.5) is 0 Å². The van der Waals surface area contributed by atoms with E-state index < -0.39 is 0 Å². The molecular weight excluding hydrogens is 262 g/mol. The van der Waals surface area contributed by atoms with Gasteiger partial charge in [-0.15, -0.1) is 0 Å². The van der Waals surface area contributed by atoms with Gasteiger partial charge in [-0.25, -0.2) is 0 Å². The molecule has 3 nitrogen and oxygen atoms in total. The summed E-state index contributed by atoms with van der Waals surface area (Å²) in [6.07, 6.45) is 3.18. The van der Waals surface area contributed by atoms with Crippen LogP contribution in [0, 0.1) is 11.3 Å². The molecule has 0 saturated carbocycles. The van der Waals surface area contributed by atoms with Gasteiger partial charge >= 0.3 is 0 Å². The van der Waals surface area contributed by atoms with Gasteiger partial charge in [-0.2, -0.15) is 5.26 Å². The van der Waals surface area contributed by atoms with E-state index in [-0.39, 0.29) is 5.78 Å². The van der Waals surface area contributed by atoms with Crippen molar-refractivity contribution in [2.75, 3.05) is 0 Å². The highest BCUT2D eigenvalue weighted by Crippen LogP contribution is 2.19. The third-order valence-corrected chi connectivity index (χ3v) is 3.14. The van der Waals surface area contributed by atoms with Crippen molar-refractivity contribution in [1.82, 2.24) is 0 Å². The summed E-state index contributed by atoms with van der Waals surface area (Å²) >= 11 is 0. The van der Waals surface area contributed by atoms with E-state index in [1.165, 1.54) is 6.08 Å². The maximum atomic E-state index is 12.1. The molecule has 0 aliphatic carbocycles. The average Bonchev–Trinajstić information content (AvgIpc) is 2.97. The smallest absolute Gasteiger partial charge is 0.221 e. The first kappa shape index (κ1) is 12.9. The number of benzene rings is 2. The zero-order chi connectivity index (χ0) is 14.7. The van der Waals surface area contributed by atoms with Crippen LogP contribution in [-0.2, 0) is 0 Å². The Hall–Kier alpha value is -3.12. The molecule has 1 heterocycles. The number of hydrogen-bond acceptors (Lipinski definition) is 3. The quantitative estimate of drug-likeness (QED) is 0.531. The summed E-state index contributed by atoms with van der Waals surface area (Å²) < 4.78 is 5.51. The van der Waals surface area contributed by atoms with Gasteiger partial charge in [0.15, 0.2) is 5.76 Å². The number of ketones is 1. The summed E-state index contributed by atoms with van der Waals surface area (Å²) in [5.41, 5.74) is 2.15. The van der Waals surface area contributed by atoms with Crippen molar-refractivity contribution < 1.29 is 9.21 Å². The Morgan fingerprint density at radius 2 is 1.86 bits per heavy atom. The van der Waals surface area contributed by atoms with E-state index in [9.17, 15) is 4.79 Å². The average molecular weight is 273 g/mol. The molecule has 0 bridgehead atoms. The number of carbonyl (C=O) groups is 1. The summed E-state index contributed by atoms with van der Waals surface area (Å²) in [7, 11) is 0. The highest BCUT2D eigenvalue weighted by atomic mass is 16.3. The van der Waals surface area contributed by atoms with Crippen LogP contribution in [-0.4, -0.2) is 5.78 Å². The minimum Gasteiger partial charge on any atom is -0.453 e. The van der Waals surface area contributed by atoms with E-state index in [1.807, 2.05) is 24.3 Å². The Kier molecular flexibility index (Phi) is 3.36. The lowest BCUT2D eigenvalue weighted by atomic mass is 10.1. The van der Waals surface area contributed by atoms with E-state index in [0.717, 1.165) is 10.9 Å². The maximum absolute atomic E-state index is 12.1. The minimum atomic E-state index is -0.185. The Labute approximate surface area is 121 Å². The van der Waals surface area contributed by atoms with Crippen molar-refractivity contribution in [2.24, 2.45) is 0 Å². The molecule has 0 fully saturated rings. The van der Waals surface area contributed by atoms with E-state index in [0.29, 0.717) is 16.9 Å². The Balaban J connectivity index is 1.81. The van der Waals surface area contributed by atoms with Crippen molar-refractivity contribution in [1.29, 1.82) is 5.26 Å². The summed E-state index contributed by atoms with van der Waals surface area (Å²) in [6.45, 7) is 0. The Bertz CT molecular complexity index is 831. The van der Waals surface area contributed by atoms with Crippen molar-refractivity contribution in [3.05, 3.63) is 77.6 Å². The number of para-hydroxylation sites is 1. The van der Waals surface area contributed by atoms with Crippen LogP contribution in [0.15, 0.2) is 65.1 Å². The van der Waals surface area contributed by atoms with Gasteiger partial charge in [-0.05, 0) is 35.9 Å². The van der Waals surface area contributed by atoms with Crippen LogP contribution >= 0.6 is 0 Å². The van der Waals surface area contributed by atoms with Gasteiger partial charge in [-0.3, -0.25) is 4.79 Å². The molecule has 0 saturated heterocycles. The summed E-state index contributed by atoms with van der Waals surface area (Å²) in [4.78, 5) is 12.1. The van der Waals surface area contributed by atoms with Crippen LogP contribution < -0.4 is 0 Å². The van der Waals surface area contributed by atoms with E-state index in [4.69, 9.17) is 9.68 Å². The molecule has 0 aliphatic rings. The highest BCUT2D eigenvalue weighted by molar-refractivity contribution is 6.06. The Morgan fingerprint density at radius 3 is 2.57 bits per heavy atom. The number of nitrogens with zero attached hydrogens (tertiary/aromatic N) is 1. The van der Waals surface area contributed by atoms with Gasteiger partial charge in [0.2, 0.25) is 5.78 Å². The second kappa shape index (κ2) is 5.48. The van der Waals surface area contributed by atoms with Crippen molar-refractivity contribution in [3.8, 4) is 6.07 Å². The first-order valence-corrected chi connectivity index (χ1v) is 6.47. The number of fused-ring (bicyclic) bond motifs is 1. The fourth-order valence-electron chi connectivity index (χ4n) is 2.03. The van der Waals surface area contributed by atoms with Crippen LogP contribution in [0.25, 0.3) is 17.0 Å². The van der Waals surface area contributed by atoms with Crippen molar-refractivity contribution in [2.45, 2.75) is 0 Å². The van der Waals surface area contributed by atoms with Gasteiger partial charge in [0.1, 0.15) is 5.58 Å². The number of nitriles is 1. The van der Waals surface area contributed by atoms with Crippen LogP contribution in [0.1, 0.15) is 21.7 Å². The minimum absolute atomic E-state index is 0.185. The zero-order valence-corrected chi connectivity index (χ0v) is 11.1. The number of carbonyl (C=O) groups excluding carboxylic acids is 1. The number of furan rings is 1. The van der Waals surface area contributed by atoms with Crippen molar-refractivity contribution in [3.63, 3.8) is 0 Å². The third kappa shape index (κ3) is 2.75. The summed E-state index contributed by atoms with van der Waals surface area (Å²) in [6, 6.07) is 18.3. The molecular formula is C18H11NO2. The molecule has 3 rings (SSSR count). The molecule has 1 aromatic heterocycles. The second-order valence-electron chi connectivity index (χ2n) is 4.58. The third-order valence-electron chi connectivity index (χ3n) is 3.14. The SMILES string of the molecule is N#Cc1ccc(C=CC(=O)c2cc3ccccc3o2)cc1. The van der Waals surface area contributed by atoms with Gasteiger partial charge in [0.05, 0.1) is 11.6 Å². The summed E-state index contributed by atoms with van der Waals surface area (Å²) in [5, 5.41) is 9.64. The fraction of sp³-hybridized carbons (Fsp3) is 0. The van der Waals surface area contributed by atoms with Gasteiger partial charge in [0, 0.05) is 5.39 Å². The molecule has 21 heavy (non-hydrogen) atoms. The zero-order valence-electron chi connectivity index (χ0n) is 11.1. The molecule has 0 atom stereocenters. The largest absolute Gasteiger partial charge is 0.453 e. The molecule has 0 spiro atoms. The highest BCUT2D eigenvalue weighted by Gasteiger charge is 2.08. The number of allylic oxidation sites excluding steroid dienone is 1. The first-order chi connectivity index (χ1) is 10.3. The van der Waals surface area contributed by atoms with Gasteiger partial charge in [-0.1, -0.05) is 36.4 Å². The first-order valence-electron chi connectivity index (χ1n) is 6.47. The molecule has 2 aromatic carbocycles. The Morgan fingerprint density at radius 1 is 1.10 bits per heavy atom. The van der Waals surface area contributed by atoms with Crippen LogP contribution in [0.2, 0.25) is 0 Å². The lowest BCUT2D eigenvalue weighted by molar-refractivity contribution is 0.102. The molecule has 3 aromatic rings. The molecule has 0 aliphatic heterocycles. The lowest BCUT2D eigenvalue weighted by Gasteiger charge is -1.93. The van der Waals surface area contributed by atoms with Crippen LogP contribution in [0.5, 0.6) is 0 Å². The fourth-order valence-corrected chi connectivity index (χ4v) is 2.03. The summed E-state index contributed by atoms with van der Waals surface area (Å²) in [5.74, 6) is 0.136. The van der Waals surface area contributed by atoms with Crippen LogP contribution in [0.3, 0.4) is 0 Å². The van der Waals surface area contributed by atoms with E-state index in [2.05, 4.69) is 6.07 Å². The molecule has 0 unspecified atom stereocenters. The monoisotopic (exact) mass is 273 g/mol. The number of rotatable bonds is 3. The molecule has 0 amide bonds. The predicted octanol–water partition coefficient (Wildman–Crippen LogP) is 4.20. The van der Waals surface area contributed by atoms with Gasteiger partial charge in [0.25, 0.3) is 0 Å². The van der Waals surface area contributed by atoms with Crippen molar-refractivity contribution >= 4 is 22.8 Å². The number of hydrogen-bond donors (Lipinski definition) is 0. The topological polar surface area (TPSA) is 54.0 Å². The van der Waals surface area contributed by atoms with E-state index >= 15 is 0 Å². The molecule has 0 N–H and O–H groups in total. The normalized spacial score (nSPS) is 10.8.